The van der Waals surface area contributed by atoms with E-state index in [1.807, 2.05) is 29.3 Å². The number of fused-ring (bicyclic) bond motifs is 1. The van der Waals surface area contributed by atoms with Crippen LogP contribution in [0.1, 0.15) is 99.6 Å². The van der Waals surface area contributed by atoms with E-state index in [1.54, 1.807) is 0 Å². The maximum atomic E-state index is 15.4. The van der Waals surface area contributed by atoms with Crippen LogP contribution in [0.15, 0.2) is 30.6 Å². The van der Waals surface area contributed by atoms with Gasteiger partial charge in [-0.1, -0.05) is 0 Å². The Morgan fingerprint density at radius 2 is 1.63 bits per heavy atom. The minimum atomic E-state index is -3.53. The second-order valence-electron chi connectivity index (χ2n) is 17.1. The molecule has 290 valence electrons. The van der Waals surface area contributed by atoms with Crippen LogP contribution in [0.2, 0.25) is 0 Å². The Hall–Kier alpha value is -3.78. The van der Waals surface area contributed by atoms with E-state index in [1.165, 1.54) is 0 Å². The molecule has 10 nitrogen and oxygen atoms in total. The molecular formula is C40H47F4N5O5. The van der Waals surface area contributed by atoms with Crippen molar-refractivity contribution in [2.75, 3.05) is 26.3 Å². The Bertz CT molecular complexity index is 1910. The molecule has 0 atom stereocenters. The minimum absolute atomic E-state index is 0.0324. The number of likely N-dealkylation sites (tertiary alicyclic amines) is 1. The summed E-state index contributed by atoms with van der Waals surface area (Å²) in [5, 5.41) is 14.1. The first-order valence-electron chi connectivity index (χ1n) is 19.6. The predicted octanol–water partition coefficient (Wildman–Crippen LogP) is 7.21. The predicted molar refractivity (Wildman–Crippen MR) is 190 cm³/mol. The first kappa shape index (κ1) is 35.9. The zero-order valence-electron chi connectivity index (χ0n) is 30.4. The van der Waals surface area contributed by atoms with Crippen LogP contribution >= 0.6 is 0 Å². The molecule has 3 aromatic rings. The second kappa shape index (κ2) is 13.2. The number of nitrogens with one attached hydrogen (secondary N) is 1. The molecule has 0 spiro atoms. The number of carbonyl (C=O) groups is 2. The molecule has 4 heterocycles. The number of nitrogens with zero attached hydrogens (tertiary/aromatic N) is 4. The van der Waals surface area contributed by atoms with Crippen molar-refractivity contribution >= 4 is 22.8 Å². The normalized spacial score (nSPS) is 32.4. The lowest BCUT2D eigenvalue weighted by Crippen LogP contribution is -2.70. The number of halogens is 4. The summed E-state index contributed by atoms with van der Waals surface area (Å²) in [6, 6.07) is 5.88. The fraction of sp³-hybridized carbons (Fsp3) is 0.650. The summed E-state index contributed by atoms with van der Waals surface area (Å²) in [4.78, 5) is 37.6. The third kappa shape index (κ3) is 6.24. The number of rotatable bonds is 9. The van der Waals surface area contributed by atoms with Gasteiger partial charge in [-0.3, -0.25) is 9.69 Å². The molecule has 2 aliphatic heterocycles. The summed E-state index contributed by atoms with van der Waals surface area (Å²) in [5.74, 6) is -7.03. The van der Waals surface area contributed by atoms with E-state index < -0.39 is 40.5 Å². The van der Waals surface area contributed by atoms with Crippen molar-refractivity contribution in [2.45, 2.75) is 113 Å². The Labute approximate surface area is 311 Å². The number of ether oxygens (including phenoxy) is 2. The smallest absolute Gasteiger partial charge is 0.330 e. The van der Waals surface area contributed by atoms with Crippen LogP contribution < -0.4 is 10.1 Å². The van der Waals surface area contributed by atoms with Crippen LogP contribution in [0.25, 0.3) is 22.3 Å². The van der Waals surface area contributed by atoms with Crippen molar-refractivity contribution in [1.82, 2.24) is 24.8 Å². The maximum absolute atomic E-state index is 15.4. The van der Waals surface area contributed by atoms with Crippen LogP contribution in [0.4, 0.5) is 17.6 Å². The molecule has 2 N–H and O–H groups in total. The number of carboxylic acid groups (broad SMARTS) is 1. The van der Waals surface area contributed by atoms with E-state index in [0.29, 0.717) is 69.0 Å². The first-order valence-corrected chi connectivity index (χ1v) is 19.6. The summed E-state index contributed by atoms with van der Waals surface area (Å²) in [6.45, 7) is 1.50. The van der Waals surface area contributed by atoms with E-state index in [9.17, 15) is 23.5 Å². The number of benzene rings is 1. The van der Waals surface area contributed by atoms with E-state index in [-0.39, 0.29) is 48.9 Å². The fourth-order valence-corrected chi connectivity index (χ4v) is 11.1. The Balaban J connectivity index is 1.01. The van der Waals surface area contributed by atoms with Crippen LogP contribution in [-0.4, -0.2) is 86.3 Å². The van der Waals surface area contributed by atoms with Gasteiger partial charge in [0.2, 0.25) is 0 Å². The molecular weight excluding hydrogens is 706 g/mol. The fourth-order valence-electron chi connectivity index (χ4n) is 11.1. The zero-order chi connectivity index (χ0) is 37.6. The van der Waals surface area contributed by atoms with Crippen LogP contribution in [0.3, 0.4) is 0 Å². The molecule has 1 amide bonds. The van der Waals surface area contributed by atoms with Crippen LogP contribution in [0, 0.1) is 23.7 Å². The number of aromatic nitrogens is 3. The number of carbonyl (C=O) groups excluding carboxylic acids is 1. The lowest BCUT2D eigenvalue weighted by atomic mass is 9.48. The van der Waals surface area contributed by atoms with E-state index >= 15 is 8.78 Å². The lowest BCUT2D eigenvalue weighted by molar-refractivity contribution is -0.163. The Morgan fingerprint density at radius 1 is 0.963 bits per heavy atom. The largest absolute Gasteiger partial charge is 0.490 e. The van der Waals surface area contributed by atoms with Crippen molar-refractivity contribution in [3.8, 4) is 17.1 Å². The van der Waals surface area contributed by atoms with E-state index in [2.05, 4.69) is 19.9 Å². The molecule has 2 saturated heterocycles. The van der Waals surface area contributed by atoms with Gasteiger partial charge in [0.25, 0.3) is 17.8 Å². The van der Waals surface area contributed by atoms with Crippen molar-refractivity contribution in [1.29, 1.82) is 0 Å². The number of alkyl halides is 4. The van der Waals surface area contributed by atoms with Gasteiger partial charge in [-0.15, -0.1) is 0 Å². The molecule has 0 unspecified atom stereocenters. The third-order valence-corrected chi connectivity index (χ3v) is 13.5. The maximum Gasteiger partial charge on any atom is 0.330 e. The molecule has 14 heteroatoms. The van der Waals surface area contributed by atoms with Gasteiger partial charge in [-0.05, 0) is 106 Å². The molecule has 10 rings (SSSR count). The molecule has 2 aromatic heterocycles. The van der Waals surface area contributed by atoms with Gasteiger partial charge in [0.15, 0.2) is 5.82 Å². The average Bonchev–Trinajstić information content (AvgIpc) is 3.50. The topological polar surface area (TPSA) is 119 Å². The standard InChI is InChI=1S/C40H47F4N5O5/c1-38(41,42)34-31(36(50)47-40(37(51)52)24-13-22-12-23(15-24)16-25(40)14-22)18-45-35(46-34)32-19-49(27-8-10-53-11-9-27)33-17-29(6-7-30(32)33)54-28-4-2-26(3-5-28)48-20-39(43,44)21-48/h6-7,17-19,22-28H,2-5,8-16,20-21H2,1H3,(H,47,50)(H,51,52)/t22?,23?,24?,25?,26-,28+,40?. The van der Waals surface area contributed by atoms with Gasteiger partial charge in [-0.2, -0.15) is 8.78 Å². The highest BCUT2D eigenvalue weighted by Crippen LogP contribution is 2.58. The summed E-state index contributed by atoms with van der Waals surface area (Å²) in [5.41, 5.74) is -1.34. The monoisotopic (exact) mass is 753 g/mol. The summed E-state index contributed by atoms with van der Waals surface area (Å²) in [7, 11) is 0. The van der Waals surface area contributed by atoms with Crippen molar-refractivity contribution < 1.29 is 41.7 Å². The third-order valence-electron chi connectivity index (χ3n) is 13.5. The van der Waals surface area contributed by atoms with Crippen molar-refractivity contribution in [2.24, 2.45) is 23.7 Å². The van der Waals surface area contributed by atoms with Crippen LogP contribution in [-0.2, 0) is 15.5 Å². The quantitative estimate of drug-likeness (QED) is 0.220. The average molecular weight is 754 g/mol. The summed E-state index contributed by atoms with van der Waals surface area (Å²) >= 11 is 0. The van der Waals surface area contributed by atoms with E-state index in [0.717, 1.165) is 62.0 Å². The Kier molecular flexibility index (Phi) is 8.75. The molecule has 5 saturated carbocycles. The van der Waals surface area contributed by atoms with Gasteiger partial charge in [0.1, 0.15) is 17.0 Å². The number of amides is 1. The van der Waals surface area contributed by atoms with Crippen LogP contribution in [0.5, 0.6) is 5.75 Å². The number of carboxylic acids is 1. The number of hydrogen-bond acceptors (Lipinski definition) is 7. The van der Waals surface area contributed by atoms with Crippen molar-refractivity contribution in [3.63, 3.8) is 0 Å². The summed E-state index contributed by atoms with van der Waals surface area (Å²) < 4.78 is 72.0. The first-order chi connectivity index (χ1) is 25.8. The number of hydrogen-bond donors (Lipinski definition) is 2. The minimum Gasteiger partial charge on any atom is -0.490 e. The van der Waals surface area contributed by atoms with Crippen molar-refractivity contribution in [3.05, 3.63) is 41.9 Å². The Morgan fingerprint density at radius 3 is 2.24 bits per heavy atom. The molecule has 1 aromatic carbocycles. The molecule has 7 fully saturated rings. The van der Waals surface area contributed by atoms with Gasteiger partial charge < -0.3 is 24.5 Å². The number of aliphatic carboxylic acids is 1. The molecule has 54 heavy (non-hydrogen) atoms. The highest BCUT2D eigenvalue weighted by atomic mass is 19.3. The summed E-state index contributed by atoms with van der Waals surface area (Å²) in [6.07, 6.45) is 11.5. The molecule has 0 radical (unpaired) electrons. The SMILES string of the molecule is CC(F)(F)c1nc(-c2cn(C3CCOCC3)c3cc(O[C@H]4CC[C@@H](N5CC(F)(F)C5)CC4)ccc23)ncc1C(=O)NC1(C(=O)O)C2CC3CC(C2)CC1C3. The highest BCUT2D eigenvalue weighted by Gasteiger charge is 2.62. The lowest BCUT2D eigenvalue weighted by Gasteiger charge is -2.59. The molecule has 4 bridgehead atoms. The van der Waals surface area contributed by atoms with E-state index in [4.69, 9.17) is 9.47 Å². The highest BCUT2D eigenvalue weighted by molar-refractivity contribution is 6.00. The second-order valence-corrected chi connectivity index (χ2v) is 17.1. The van der Waals surface area contributed by atoms with Gasteiger partial charge in [-0.25, -0.2) is 23.5 Å². The molecule has 7 aliphatic rings. The van der Waals surface area contributed by atoms with Gasteiger partial charge in [0, 0.05) is 61.6 Å². The molecule has 5 aliphatic carbocycles. The zero-order valence-corrected chi connectivity index (χ0v) is 30.4. The van der Waals surface area contributed by atoms with Gasteiger partial charge in [0.05, 0.1) is 30.3 Å². The van der Waals surface area contributed by atoms with Gasteiger partial charge >= 0.3 is 5.97 Å².